The summed E-state index contributed by atoms with van der Waals surface area (Å²) in [4.78, 5) is 40.8. The number of carbonyl (C=O) groups excluding carboxylic acids is 1. The minimum absolute atomic E-state index is 0.201. The summed E-state index contributed by atoms with van der Waals surface area (Å²) in [7, 11) is 0. The Balaban J connectivity index is 0.000000296. The second-order valence-corrected chi connectivity index (χ2v) is 9.81. The Hall–Kier alpha value is -4.48. The van der Waals surface area contributed by atoms with Gasteiger partial charge in [0.2, 0.25) is 11.8 Å². The number of aryl methyl sites for hydroxylation is 3. The topological polar surface area (TPSA) is 160 Å². The molecule has 0 aliphatic heterocycles. The number of aromatic nitrogens is 4. The first-order valence-electron chi connectivity index (χ1n) is 13.5. The first-order valence-corrected chi connectivity index (χ1v) is 13.5. The summed E-state index contributed by atoms with van der Waals surface area (Å²) >= 11 is 0. The first-order chi connectivity index (χ1) is 19.8. The maximum absolute atomic E-state index is 11.4. The van der Waals surface area contributed by atoms with E-state index in [0.29, 0.717) is 29.4 Å². The van der Waals surface area contributed by atoms with Crippen LogP contribution in [0.4, 0.5) is 0 Å². The van der Waals surface area contributed by atoms with Crippen molar-refractivity contribution in [2.24, 2.45) is 5.73 Å². The molecular weight excluding hydrogens is 522 g/mol. The number of carbonyl (C=O) groups is 2. The van der Waals surface area contributed by atoms with Crippen LogP contribution >= 0.6 is 0 Å². The van der Waals surface area contributed by atoms with Gasteiger partial charge in [0.05, 0.1) is 35.9 Å². The van der Waals surface area contributed by atoms with Crippen molar-refractivity contribution in [3.05, 3.63) is 107 Å². The molecule has 214 valence electrons. The molecule has 3 heterocycles. The fraction of sp³-hybridized carbons (Fsp3) is 0.333. The van der Waals surface area contributed by atoms with Crippen LogP contribution in [0.2, 0.25) is 0 Å². The normalized spacial score (nSPS) is 14.2. The molecule has 3 aromatic heterocycles. The van der Waals surface area contributed by atoms with Crippen molar-refractivity contribution in [2.75, 3.05) is 13.1 Å². The number of pyridine rings is 1. The molecule has 0 radical (unpaired) electrons. The number of nitrogens with two attached hydrogens (primary N) is 1. The Labute approximate surface area is 238 Å². The standard InChI is InChI=1S/C23H27N5O2.C7H8N2O2/c24-23(29)19-8-6-17(7-9-19)16-28(13-11-25-15-21-26-12-14-30-21)20-5-1-3-18-4-2-10-27-22(18)20;1-4-6(7(10)11)5(2)9-3-8-4/h2,4,6-10,12,14,20,25H,1,3,5,11,13,15-16H2,(H2,24,29);3H,1-2H3,(H,10,11). The lowest BCUT2D eigenvalue weighted by atomic mass is 9.90. The van der Waals surface area contributed by atoms with Gasteiger partial charge in [0, 0.05) is 31.4 Å². The molecular formula is C30H35N7O4. The van der Waals surface area contributed by atoms with Crippen LogP contribution in [-0.4, -0.2) is 54.9 Å². The zero-order valence-corrected chi connectivity index (χ0v) is 23.3. The van der Waals surface area contributed by atoms with E-state index in [1.807, 2.05) is 24.4 Å². The smallest absolute Gasteiger partial charge is 0.339 e. The summed E-state index contributed by atoms with van der Waals surface area (Å²) in [6.45, 7) is 6.35. The highest BCUT2D eigenvalue weighted by molar-refractivity contribution is 5.92. The van der Waals surface area contributed by atoms with Crippen LogP contribution in [0.25, 0.3) is 0 Å². The molecule has 1 aliphatic rings. The molecule has 4 aromatic rings. The van der Waals surface area contributed by atoms with Crippen LogP contribution in [-0.2, 0) is 19.5 Å². The molecule has 11 heteroatoms. The van der Waals surface area contributed by atoms with Crippen LogP contribution in [0.1, 0.15) is 73.7 Å². The number of primary amides is 1. The molecule has 41 heavy (non-hydrogen) atoms. The summed E-state index contributed by atoms with van der Waals surface area (Å²) in [5.74, 6) is -0.687. The van der Waals surface area contributed by atoms with Crippen LogP contribution in [0.15, 0.2) is 65.8 Å². The largest absolute Gasteiger partial charge is 0.478 e. The predicted molar refractivity (Wildman–Crippen MR) is 152 cm³/mol. The zero-order chi connectivity index (χ0) is 29.2. The van der Waals surface area contributed by atoms with Gasteiger partial charge in [-0.2, -0.15) is 0 Å². The molecule has 0 spiro atoms. The second-order valence-electron chi connectivity index (χ2n) is 9.81. The Morgan fingerprint density at radius 3 is 2.46 bits per heavy atom. The lowest BCUT2D eigenvalue weighted by molar-refractivity contribution is 0.0694. The van der Waals surface area contributed by atoms with E-state index in [9.17, 15) is 9.59 Å². The average molecular weight is 558 g/mol. The van der Waals surface area contributed by atoms with E-state index >= 15 is 0 Å². The quantitative estimate of drug-likeness (QED) is 0.246. The Morgan fingerprint density at radius 1 is 1.07 bits per heavy atom. The van der Waals surface area contributed by atoms with Crippen molar-refractivity contribution in [3.63, 3.8) is 0 Å². The molecule has 0 saturated heterocycles. The van der Waals surface area contributed by atoms with E-state index in [-0.39, 0.29) is 11.6 Å². The molecule has 5 rings (SSSR count). The highest BCUT2D eigenvalue weighted by atomic mass is 16.4. The van der Waals surface area contributed by atoms with Gasteiger partial charge < -0.3 is 20.6 Å². The number of hydrogen-bond acceptors (Lipinski definition) is 9. The maximum atomic E-state index is 11.4. The Morgan fingerprint density at radius 2 is 1.83 bits per heavy atom. The lowest BCUT2D eigenvalue weighted by Crippen LogP contribution is -2.36. The first kappa shape index (κ1) is 29.5. The van der Waals surface area contributed by atoms with Crippen molar-refractivity contribution in [3.8, 4) is 0 Å². The van der Waals surface area contributed by atoms with Gasteiger partial charge in [0.25, 0.3) is 0 Å². The third-order valence-electron chi connectivity index (χ3n) is 7.01. The van der Waals surface area contributed by atoms with E-state index in [1.54, 1.807) is 38.4 Å². The van der Waals surface area contributed by atoms with E-state index in [0.717, 1.165) is 44.5 Å². The Bertz CT molecular complexity index is 1420. The second kappa shape index (κ2) is 14.2. The van der Waals surface area contributed by atoms with Gasteiger partial charge in [0.15, 0.2) is 0 Å². The molecule has 1 unspecified atom stereocenters. The fourth-order valence-corrected chi connectivity index (χ4v) is 4.96. The number of oxazole rings is 1. The van der Waals surface area contributed by atoms with Crippen molar-refractivity contribution in [1.82, 2.24) is 30.2 Å². The van der Waals surface area contributed by atoms with Gasteiger partial charge in [-0.3, -0.25) is 14.7 Å². The third kappa shape index (κ3) is 8.03. The number of benzene rings is 1. The minimum atomic E-state index is -0.972. The van der Waals surface area contributed by atoms with Crippen molar-refractivity contribution < 1.29 is 19.1 Å². The monoisotopic (exact) mass is 557 g/mol. The summed E-state index contributed by atoms with van der Waals surface area (Å²) in [6, 6.07) is 12.0. The van der Waals surface area contributed by atoms with Crippen LogP contribution in [0.3, 0.4) is 0 Å². The van der Waals surface area contributed by atoms with Crippen molar-refractivity contribution in [2.45, 2.75) is 52.2 Å². The molecule has 0 fully saturated rings. The van der Waals surface area contributed by atoms with Gasteiger partial charge in [-0.1, -0.05) is 18.2 Å². The van der Waals surface area contributed by atoms with Gasteiger partial charge in [-0.25, -0.2) is 19.7 Å². The van der Waals surface area contributed by atoms with Gasteiger partial charge in [-0.05, 0) is 62.4 Å². The number of fused-ring (bicyclic) bond motifs is 1. The number of rotatable bonds is 10. The van der Waals surface area contributed by atoms with E-state index in [2.05, 4.69) is 31.2 Å². The molecule has 0 saturated carbocycles. The van der Waals surface area contributed by atoms with Gasteiger partial charge >= 0.3 is 5.97 Å². The fourth-order valence-electron chi connectivity index (χ4n) is 4.96. The highest BCUT2D eigenvalue weighted by Gasteiger charge is 2.27. The molecule has 4 N–H and O–H groups in total. The molecule has 1 aliphatic carbocycles. The van der Waals surface area contributed by atoms with Crippen LogP contribution in [0, 0.1) is 13.8 Å². The molecule has 1 atom stereocenters. The van der Waals surface area contributed by atoms with Gasteiger partial charge in [0.1, 0.15) is 18.2 Å². The average Bonchev–Trinajstić information content (AvgIpc) is 3.48. The number of amides is 1. The summed E-state index contributed by atoms with van der Waals surface area (Å²) in [5.41, 5.74) is 10.8. The lowest BCUT2D eigenvalue weighted by Gasteiger charge is -2.35. The number of carboxylic acid groups (broad SMARTS) is 1. The Kier molecular flexibility index (Phi) is 10.2. The zero-order valence-electron chi connectivity index (χ0n) is 23.3. The molecule has 1 aromatic carbocycles. The summed E-state index contributed by atoms with van der Waals surface area (Å²) in [6.07, 6.45) is 9.82. The summed E-state index contributed by atoms with van der Waals surface area (Å²) < 4.78 is 5.29. The number of nitrogens with zero attached hydrogens (tertiary/aromatic N) is 5. The van der Waals surface area contributed by atoms with Crippen LogP contribution in [0.5, 0.6) is 0 Å². The minimum Gasteiger partial charge on any atom is -0.478 e. The predicted octanol–water partition coefficient (Wildman–Crippen LogP) is 3.63. The van der Waals surface area contributed by atoms with Crippen molar-refractivity contribution in [1.29, 1.82) is 0 Å². The SMILES string of the molecule is Cc1ncnc(C)c1C(=O)O.NC(=O)c1ccc(CN(CCNCc2ncco2)C2CCCc3cccnc32)cc1. The van der Waals surface area contributed by atoms with E-state index < -0.39 is 11.9 Å². The van der Waals surface area contributed by atoms with E-state index in [1.165, 1.54) is 17.6 Å². The molecule has 11 nitrogen and oxygen atoms in total. The summed E-state index contributed by atoms with van der Waals surface area (Å²) in [5, 5.41) is 12.1. The highest BCUT2D eigenvalue weighted by Crippen LogP contribution is 2.33. The third-order valence-corrected chi connectivity index (χ3v) is 7.01. The maximum Gasteiger partial charge on any atom is 0.339 e. The number of nitrogens with one attached hydrogen (secondary N) is 1. The number of carboxylic acids is 1. The van der Waals surface area contributed by atoms with Crippen LogP contribution < -0.4 is 11.1 Å². The molecule has 0 bridgehead atoms. The number of aromatic carboxylic acids is 1. The van der Waals surface area contributed by atoms with E-state index in [4.69, 9.17) is 20.2 Å². The van der Waals surface area contributed by atoms with Crippen molar-refractivity contribution >= 4 is 11.9 Å². The molecule has 1 amide bonds. The number of hydrogen-bond donors (Lipinski definition) is 3. The van der Waals surface area contributed by atoms with Gasteiger partial charge in [-0.15, -0.1) is 0 Å².